The van der Waals surface area contributed by atoms with Crippen molar-refractivity contribution < 1.29 is 14.4 Å². The first kappa shape index (κ1) is 21.3. The molecule has 156 valence electrons. The van der Waals surface area contributed by atoms with Crippen LogP contribution in [0.15, 0.2) is 24.3 Å². The smallest absolute Gasteiger partial charge is 0.233 e. The molecule has 0 aromatic heterocycles. The molecule has 3 fully saturated rings. The number of imide groups is 1. The van der Waals surface area contributed by atoms with Gasteiger partial charge < -0.3 is 5.32 Å². The maximum Gasteiger partial charge on any atom is 0.233 e. The zero-order chi connectivity index (χ0) is 20.7. The van der Waals surface area contributed by atoms with Gasteiger partial charge in [-0.25, -0.2) is 0 Å². The molecule has 2 aliphatic carbocycles. The largest absolute Gasteiger partial charge is 0.326 e. The molecule has 3 aliphatic rings. The number of fused-ring (bicyclic) bond motifs is 5. The molecule has 5 nitrogen and oxygen atoms in total. The molecule has 2 bridgehead atoms. The fourth-order valence-electron chi connectivity index (χ4n) is 5.12. The summed E-state index contributed by atoms with van der Waals surface area (Å²) < 4.78 is 0. The molecule has 1 N–H and O–H groups in total. The SMILES string of the molecule is O=C(CCCCCN1C(=O)C2C3CC(C(Br)C3Br)C2C1=O)Nc1ccc(Cl)cc1. The van der Waals surface area contributed by atoms with Crippen LogP contribution in [0.3, 0.4) is 0 Å². The van der Waals surface area contributed by atoms with Crippen molar-refractivity contribution in [3.05, 3.63) is 29.3 Å². The number of unbranched alkanes of at least 4 members (excludes halogenated alkanes) is 2. The summed E-state index contributed by atoms with van der Waals surface area (Å²) in [6.07, 6.45) is 3.62. The Kier molecular flexibility index (Phi) is 6.38. The van der Waals surface area contributed by atoms with Crippen molar-refractivity contribution in [3.63, 3.8) is 0 Å². The van der Waals surface area contributed by atoms with Crippen molar-refractivity contribution in [3.8, 4) is 0 Å². The number of carbonyl (C=O) groups excluding carboxylic acids is 3. The van der Waals surface area contributed by atoms with E-state index in [0.29, 0.717) is 18.0 Å². The number of nitrogens with one attached hydrogen (secondary N) is 1. The maximum atomic E-state index is 12.8. The average molecular weight is 547 g/mol. The molecule has 4 rings (SSSR count). The van der Waals surface area contributed by atoms with Gasteiger partial charge in [-0.3, -0.25) is 19.3 Å². The number of nitrogens with zero attached hydrogens (tertiary/aromatic N) is 1. The minimum absolute atomic E-state index is 0.0110. The van der Waals surface area contributed by atoms with Crippen LogP contribution < -0.4 is 5.32 Å². The molecule has 6 unspecified atom stereocenters. The van der Waals surface area contributed by atoms with E-state index < -0.39 is 0 Å². The van der Waals surface area contributed by atoms with Crippen LogP contribution in [0.1, 0.15) is 32.1 Å². The van der Waals surface area contributed by atoms with Crippen molar-refractivity contribution in [1.82, 2.24) is 4.90 Å². The number of rotatable bonds is 7. The lowest BCUT2D eigenvalue weighted by Crippen LogP contribution is -2.37. The molecule has 1 aliphatic heterocycles. The van der Waals surface area contributed by atoms with Gasteiger partial charge in [0.2, 0.25) is 17.7 Å². The van der Waals surface area contributed by atoms with Crippen LogP contribution in [0.4, 0.5) is 5.69 Å². The Balaban J connectivity index is 1.20. The molecule has 1 saturated heterocycles. The van der Waals surface area contributed by atoms with Crippen LogP contribution >= 0.6 is 43.5 Å². The third-order valence-electron chi connectivity index (χ3n) is 6.49. The van der Waals surface area contributed by atoms with Gasteiger partial charge in [0.05, 0.1) is 11.8 Å². The number of hydrogen-bond donors (Lipinski definition) is 1. The lowest BCUT2D eigenvalue weighted by molar-refractivity contribution is -0.140. The van der Waals surface area contributed by atoms with E-state index in [1.54, 1.807) is 24.3 Å². The quantitative estimate of drug-likeness (QED) is 0.309. The predicted molar refractivity (Wildman–Crippen MR) is 119 cm³/mol. The van der Waals surface area contributed by atoms with Gasteiger partial charge in [0.15, 0.2) is 0 Å². The van der Waals surface area contributed by atoms with Gasteiger partial charge in [0, 0.05) is 33.3 Å². The summed E-state index contributed by atoms with van der Waals surface area (Å²) >= 11 is 13.2. The van der Waals surface area contributed by atoms with E-state index in [9.17, 15) is 14.4 Å². The average Bonchev–Trinajstić information content (AvgIpc) is 3.29. The van der Waals surface area contributed by atoms with Crippen LogP contribution in [0, 0.1) is 23.7 Å². The topological polar surface area (TPSA) is 66.5 Å². The fraction of sp³-hybridized carbons (Fsp3) is 0.571. The van der Waals surface area contributed by atoms with E-state index in [-0.39, 0.29) is 51.0 Å². The van der Waals surface area contributed by atoms with Crippen LogP contribution in [0.25, 0.3) is 0 Å². The zero-order valence-electron chi connectivity index (χ0n) is 15.8. The first-order valence-electron chi connectivity index (χ1n) is 10.1. The van der Waals surface area contributed by atoms with Gasteiger partial charge in [0.1, 0.15) is 0 Å². The number of amides is 3. The van der Waals surface area contributed by atoms with Crippen LogP contribution in [-0.2, 0) is 14.4 Å². The number of likely N-dealkylation sites (tertiary alicyclic amines) is 1. The number of halogens is 3. The fourth-order valence-corrected chi connectivity index (χ4v) is 7.12. The van der Waals surface area contributed by atoms with E-state index >= 15 is 0 Å². The standard InChI is InChI=1S/C21H23Br2ClN2O3/c22-18-13-10-14(19(18)23)17-16(13)20(28)26(21(17)29)9-3-1-2-4-15(27)25-12-7-5-11(24)6-8-12/h5-8,13-14,16-19H,1-4,9-10H2,(H,25,27). The van der Waals surface area contributed by atoms with Crippen molar-refractivity contribution in [2.75, 3.05) is 11.9 Å². The minimum atomic E-state index is -0.143. The molecule has 6 atom stereocenters. The minimum Gasteiger partial charge on any atom is -0.326 e. The zero-order valence-corrected chi connectivity index (χ0v) is 19.7. The van der Waals surface area contributed by atoms with Crippen LogP contribution in [0.5, 0.6) is 0 Å². The summed E-state index contributed by atoms with van der Waals surface area (Å²) in [6.45, 7) is 0.461. The molecule has 1 aromatic rings. The summed E-state index contributed by atoms with van der Waals surface area (Å²) in [5, 5.41) is 3.47. The molecule has 1 aromatic carbocycles. The number of carbonyl (C=O) groups is 3. The highest BCUT2D eigenvalue weighted by molar-refractivity contribution is 9.12. The second-order valence-electron chi connectivity index (χ2n) is 8.20. The van der Waals surface area contributed by atoms with E-state index in [1.807, 2.05) is 0 Å². The number of alkyl halides is 2. The van der Waals surface area contributed by atoms with Crippen molar-refractivity contribution in [2.24, 2.45) is 23.7 Å². The summed E-state index contributed by atoms with van der Waals surface area (Å²) in [4.78, 5) is 39.7. The lowest BCUT2D eigenvalue weighted by Gasteiger charge is -2.28. The highest BCUT2D eigenvalue weighted by Gasteiger charge is 2.66. The second-order valence-corrected chi connectivity index (χ2v) is 10.7. The number of anilines is 1. The van der Waals surface area contributed by atoms with E-state index in [1.165, 1.54) is 4.90 Å². The van der Waals surface area contributed by atoms with Gasteiger partial charge in [-0.15, -0.1) is 0 Å². The number of hydrogen-bond acceptors (Lipinski definition) is 3. The predicted octanol–water partition coefficient (Wildman–Crippen LogP) is 4.62. The van der Waals surface area contributed by atoms with Crippen LogP contribution in [0.2, 0.25) is 5.02 Å². The highest BCUT2D eigenvalue weighted by atomic mass is 79.9. The van der Waals surface area contributed by atoms with Crippen molar-refractivity contribution in [1.29, 1.82) is 0 Å². The molecule has 3 amide bonds. The molecule has 8 heteroatoms. The summed E-state index contributed by atoms with van der Waals surface area (Å²) in [5.74, 6) is 0.207. The first-order valence-corrected chi connectivity index (χ1v) is 12.3. The van der Waals surface area contributed by atoms with Gasteiger partial charge >= 0.3 is 0 Å². The van der Waals surface area contributed by atoms with Crippen molar-refractivity contribution in [2.45, 2.75) is 41.8 Å². The monoisotopic (exact) mass is 544 g/mol. The highest BCUT2D eigenvalue weighted by Crippen LogP contribution is 2.60. The molecule has 0 spiro atoms. The van der Waals surface area contributed by atoms with Crippen molar-refractivity contribution >= 4 is 66.9 Å². The Labute approximate surface area is 192 Å². The Morgan fingerprint density at radius 1 is 1.00 bits per heavy atom. The van der Waals surface area contributed by atoms with Gasteiger partial charge in [-0.2, -0.15) is 0 Å². The Morgan fingerprint density at radius 2 is 1.59 bits per heavy atom. The first-order chi connectivity index (χ1) is 13.9. The molecule has 1 heterocycles. The molecular weight excluding hydrogens is 524 g/mol. The second kappa shape index (κ2) is 8.67. The summed E-state index contributed by atoms with van der Waals surface area (Å²) in [6, 6.07) is 7.00. The number of benzene rings is 1. The van der Waals surface area contributed by atoms with Gasteiger partial charge in [0.25, 0.3) is 0 Å². The third kappa shape index (κ3) is 4.02. The summed E-state index contributed by atoms with van der Waals surface area (Å²) in [7, 11) is 0. The Bertz CT molecular complexity index is 787. The Morgan fingerprint density at radius 3 is 2.17 bits per heavy atom. The maximum absolute atomic E-state index is 12.8. The third-order valence-corrected chi connectivity index (χ3v) is 9.95. The van der Waals surface area contributed by atoms with E-state index in [2.05, 4.69) is 37.2 Å². The molecule has 29 heavy (non-hydrogen) atoms. The molecular formula is C21H23Br2ClN2O3. The molecule has 0 radical (unpaired) electrons. The van der Waals surface area contributed by atoms with Gasteiger partial charge in [-0.05, 0) is 55.4 Å². The summed E-state index contributed by atoms with van der Waals surface area (Å²) in [5.41, 5.74) is 0.726. The Hall–Kier alpha value is -0.920. The molecule has 2 saturated carbocycles. The normalized spacial score (nSPS) is 32.7. The van der Waals surface area contributed by atoms with E-state index in [0.717, 1.165) is 31.4 Å². The van der Waals surface area contributed by atoms with Gasteiger partial charge in [-0.1, -0.05) is 49.9 Å². The van der Waals surface area contributed by atoms with E-state index in [4.69, 9.17) is 11.6 Å². The van der Waals surface area contributed by atoms with Crippen LogP contribution in [-0.4, -0.2) is 38.8 Å². The lowest BCUT2D eigenvalue weighted by atomic mass is 9.81.